The molecule has 3 aromatic rings. The molecule has 0 aliphatic rings. The summed E-state index contributed by atoms with van der Waals surface area (Å²) >= 11 is 0. The first kappa shape index (κ1) is 20.9. The number of carbonyl (C=O) groups is 2. The summed E-state index contributed by atoms with van der Waals surface area (Å²) in [6.45, 7) is 4.17. The van der Waals surface area contributed by atoms with E-state index in [2.05, 4.69) is 10.6 Å². The molecule has 0 aliphatic heterocycles. The van der Waals surface area contributed by atoms with Crippen molar-refractivity contribution in [1.29, 1.82) is 0 Å². The molecule has 3 rings (SSSR count). The minimum absolute atomic E-state index is 0.0927. The Balaban J connectivity index is 1.56. The maximum absolute atomic E-state index is 12.1. The Bertz CT molecular complexity index is 1050. The van der Waals surface area contributed by atoms with Crippen LogP contribution < -0.4 is 15.4 Å². The molecule has 0 saturated carbocycles. The summed E-state index contributed by atoms with van der Waals surface area (Å²) in [4.78, 5) is 23.4. The van der Waals surface area contributed by atoms with Crippen molar-refractivity contribution < 1.29 is 19.4 Å². The molecule has 0 atom stereocenters. The fraction of sp³-hybridized carbons (Fsp3) is 0.167. The van der Waals surface area contributed by atoms with E-state index in [1.54, 1.807) is 25.1 Å². The molecule has 1 amide bonds. The molecule has 0 aliphatic carbocycles. The highest BCUT2D eigenvalue weighted by Crippen LogP contribution is 2.21. The predicted octanol–water partition coefficient (Wildman–Crippen LogP) is 4.63. The summed E-state index contributed by atoms with van der Waals surface area (Å²) < 4.78 is 5.61. The van der Waals surface area contributed by atoms with E-state index in [9.17, 15) is 14.7 Å². The van der Waals surface area contributed by atoms with Crippen molar-refractivity contribution in [2.45, 2.75) is 20.4 Å². The molecule has 0 saturated heterocycles. The summed E-state index contributed by atoms with van der Waals surface area (Å²) in [7, 11) is 0. The number of ether oxygens (including phenoxy) is 1. The monoisotopic (exact) mass is 404 g/mol. The van der Waals surface area contributed by atoms with Gasteiger partial charge in [0.2, 0.25) is 0 Å². The average Bonchev–Trinajstić information content (AvgIpc) is 2.73. The van der Waals surface area contributed by atoms with E-state index in [1.165, 1.54) is 0 Å². The van der Waals surface area contributed by atoms with Gasteiger partial charge in [-0.1, -0.05) is 35.9 Å². The Kier molecular flexibility index (Phi) is 6.70. The van der Waals surface area contributed by atoms with Gasteiger partial charge >= 0.3 is 5.97 Å². The van der Waals surface area contributed by atoms with Crippen LogP contribution in [0, 0.1) is 13.8 Å². The van der Waals surface area contributed by atoms with Crippen molar-refractivity contribution in [2.75, 3.05) is 17.2 Å². The maximum atomic E-state index is 12.1. The number of carboxylic acids is 1. The smallest absolute Gasteiger partial charge is 0.336 e. The second-order valence-corrected chi connectivity index (χ2v) is 6.99. The highest BCUT2D eigenvalue weighted by atomic mass is 16.5. The predicted molar refractivity (Wildman–Crippen MR) is 117 cm³/mol. The normalized spacial score (nSPS) is 10.3. The van der Waals surface area contributed by atoms with Gasteiger partial charge in [0.15, 0.2) is 6.61 Å². The van der Waals surface area contributed by atoms with Crippen LogP contribution in [0.25, 0.3) is 0 Å². The number of carbonyl (C=O) groups excluding carboxylic acids is 1. The van der Waals surface area contributed by atoms with Crippen LogP contribution in [0.15, 0.2) is 66.7 Å². The van der Waals surface area contributed by atoms with Crippen LogP contribution in [-0.2, 0) is 11.3 Å². The third-order valence-corrected chi connectivity index (χ3v) is 4.65. The van der Waals surface area contributed by atoms with Gasteiger partial charge in [0, 0.05) is 17.9 Å². The molecule has 0 radical (unpaired) electrons. The number of nitrogens with one attached hydrogen (secondary N) is 2. The van der Waals surface area contributed by atoms with Crippen LogP contribution in [0.1, 0.15) is 27.0 Å². The molecule has 6 nitrogen and oxygen atoms in total. The number of aryl methyl sites for hydroxylation is 1. The zero-order chi connectivity index (χ0) is 21.5. The number of anilines is 2. The highest BCUT2D eigenvalue weighted by Gasteiger charge is 2.10. The van der Waals surface area contributed by atoms with Gasteiger partial charge in [-0.05, 0) is 61.4 Å². The second-order valence-electron chi connectivity index (χ2n) is 6.99. The quantitative estimate of drug-likeness (QED) is 0.509. The largest absolute Gasteiger partial charge is 0.484 e. The molecule has 0 spiro atoms. The van der Waals surface area contributed by atoms with E-state index in [0.29, 0.717) is 17.9 Å². The lowest BCUT2D eigenvalue weighted by Gasteiger charge is -2.13. The molecule has 0 unspecified atom stereocenters. The van der Waals surface area contributed by atoms with Gasteiger partial charge < -0.3 is 20.5 Å². The molecule has 0 bridgehead atoms. The van der Waals surface area contributed by atoms with Gasteiger partial charge in [-0.3, -0.25) is 4.79 Å². The Morgan fingerprint density at radius 2 is 1.70 bits per heavy atom. The first-order chi connectivity index (χ1) is 14.4. The van der Waals surface area contributed by atoms with Gasteiger partial charge in [-0.15, -0.1) is 0 Å². The second kappa shape index (κ2) is 9.60. The van der Waals surface area contributed by atoms with Crippen LogP contribution in [0.3, 0.4) is 0 Å². The summed E-state index contributed by atoms with van der Waals surface area (Å²) in [5.41, 5.74) is 4.53. The van der Waals surface area contributed by atoms with E-state index < -0.39 is 5.97 Å². The average molecular weight is 404 g/mol. The minimum atomic E-state index is -0.949. The van der Waals surface area contributed by atoms with Crippen molar-refractivity contribution in [3.8, 4) is 5.75 Å². The zero-order valence-electron chi connectivity index (χ0n) is 16.9. The molecule has 0 fully saturated rings. The van der Waals surface area contributed by atoms with Crippen molar-refractivity contribution >= 4 is 23.3 Å². The van der Waals surface area contributed by atoms with Crippen LogP contribution in [0.5, 0.6) is 5.75 Å². The first-order valence-electron chi connectivity index (χ1n) is 9.57. The topological polar surface area (TPSA) is 87.7 Å². The lowest BCUT2D eigenvalue weighted by atomic mass is 10.1. The van der Waals surface area contributed by atoms with Crippen LogP contribution in [0.4, 0.5) is 11.4 Å². The molecule has 0 aromatic heterocycles. The molecule has 154 valence electrons. The fourth-order valence-corrected chi connectivity index (χ4v) is 2.98. The van der Waals surface area contributed by atoms with Crippen LogP contribution in [-0.4, -0.2) is 23.6 Å². The molecular weight excluding hydrogens is 380 g/mol. The molecule has 30 heavy (non-hydrogen) atoms. The third kappa shape index (κ3) is 5.61. The summed E-state index contributed by atoms with van der Waals surface area (Å²) in [5.74, 6) is -0.594. The van der Waals surface area contributed by atoms with Crippen molar-refractivity contribution in [2.24, 2.45) is 0 Å². The Morgan fingerprint density at radius 3 is 2.43 bits per heavy atom. The van der Waals surface area contributed by atoms with E-state index >= 15 is 0 Å². The molecular formula is C24H24N2O4. The number of hydrogen-bond donors (Lipinski definition) is 3. The lowest BCUT2D eigenvalue weighted by Crippen LogP contribution is -2.20. The van der Waals surface area contributed by atoms with Gasteiger partial charge in [0.25, 0.3) is 5.91 Å². The number of rotatable bonds is 8. The van der Waals surface area contributed by atoms with Crippen molar-refractivity contribution in [3.63, 3.8) is 0 Å². The molecule has 3 aromatic carbocycles. The Hall–Kier alpha value is -3.80. The van der Waals surface area contributed by atoms with E-state index in [0.717, 1.165) is 22.5 Å². The SMILES string of the molecule is Cc1ccc(NC(=O)COc2cccc(CNc3cccc(C(=O)O)c3C)c2)cc1. The van der Waals surface area contributed by atoms with E-state index in [-0.39, 0.29) is 18.1 Å². The lowest BCUT2D eigenvalue weighted by molar-refractivity contribution is -0.118. The van der Waals surface area contributed by atoms with Crippen molar-refractivity contribution in [1.82, 2.24) is 0 Å². The number of amides is 1. The van der Waals surface area contributed by atoms with Gasteiger partial charge in [-0.25, -0.2) is 4.79 Å². The first-order valence-corrected chi connectivity index (χ1v) is 9.57. The van der Waals surface area contributed by atoms with Gasteiger partial charge in [0.1, 0.15) is 5.75 Å². The zero-order valence-corrected chi connectivity index (χ0v) is 16.9. The minimum Gasteiger partial charge on any atom is -0.484 e. The summed E-state index contributed by atoms with van der Waals surface area (Å²) in [5, 5.41) is 15.3. The molecule has 6 heteroatoms. The van der Waals surface area contributed by atoms with Crippen molar-refractivity contribution in [3.05, 3.63) is 89.0 Å². The Labute approximate surface area is 175 Å². The Morgan fingerprint density at radius 1 is 0.967 bits per heavy atom. The van der Waals surface area contributed by atoms with E-state index in [1.807, 2.05) is 55.5 Å². The maximum Gasteiger partial charge on any atom is 0.336 e. The highest BCUT2D eigenvalue weighted by molar-refractivity contribution is 5.92. The number of hydrogen-bond acceptors (Lipinski definition) is 4. The van der Waals surface area contributed by atoms with Crippen LogP contribution in [0.2, 0.25) is 0 Å². The number of benzene rings is 3. The fourth-order valence-electron chi connectivity index (χ4n) is 2.98. The third-order valence-electron chi connectivity index (χ3n) is 4.65. The summed E-state index contributed by atoms with van der Waals surface area (Å²) in [6.07, 6.45) is 0. The van der Waals surface area contributed by atoms with E-state index in [4.69, 9.17) is 4.74 Å². The number of carboxylic acid groups (broad SMARTS) is 1. The molecule has 0 heterocycles. The summed E-state index contributed by atoms with van der Waals surface area (Å²) in [6, 6.07) is 20.1. The number of aromatic carboxylic acids is 1. The van der Waals surface area contributed by atoms with Gasteiger partial charge in [0.05, 0.1) is 5.56 Å². The standard InChI is InChI=1S/C24H24N2O4/c1-16-9-11-19(12-10-16)26-23(27)15-30-20-6-3-5-18(13-20)14-25-22-8-4-7-21(17(22)2)24(28)29/h3-13,25H,14-15H2,1-2H3,(H,26,27)(H,28,29). The molecule has 3 N–H and O–H groups in total. The van der Waals surface area contributed by atoms with Crippen LogP contribution >= 0.6 is 0 Å². The van der Waals surface area contributed by atoms with Gasteiger partial charge in [-0.2, -0.15) is 0 Å².